The molecule has 0 aliphatic rings. The van der Waals surface area contributed by atoms with Crippen molar-refractivity contribution in [2.75, 3.05) is 0 Å². The minimum atomic E-state index is -1.88. The molecule has 6 aromatic heterocycles. The molecule has 0 saturated heterocycles. The first-order valence-corrected chi connectivity index (χ1v) is 41.2. The summed E-state index contributed by atoms with van der Waals surface area (Å²) in [6, 6.07) is 56.4. The van der Waals surface area contributed by atoms with Crippen molar-refractivity contribution >= 4 is 87.0 Å². The third-order valence-corrected chi connectivity index (χ3v) is 34.5. The van der Waals surface area contributed by atoms with E-state index in [1.807, 2.05) is 137 Å². The predicted octanol–water partition coefficient (Wildman–Crippen LogP) is 17.0. The van der Waals surface area contributed by atoms with Gasteiger partial charge in [-0.3, -0.25) is 37.0 Å². The highest BCUT2D eigenvalue weighted by Gasteiger charge is 2.46. The van der Waals surface area contributed by atoms with E-state index in [-0.39, 0.29) is 22.2 Å². The van der Waals surface area contributed by atoms with Crippen LogP contribution >= 0.6 is 15.9 Å². The maximum Gasteiger partial charge on any atom is 0.549 e. The fraction of sp³-hybridized carbons (Fsp3) is 0.250. The SMILES string of the molecule is CC(C)[Si](C(C)C)(C(C)C)n1ccc(B(O)O)c1.Cc1ccc(-n2c(=O)c(C#N)cc3ccc(-c4cc[nH]c4)cc32)cc1C#N.Cc1ccc(-n2c(=O)c(C#N)cc3ccc(-c4ccn([Si](C(C)C)(C(C)C)C(C)C)c4)cc32)cc1C#N.Cc1ccc(-n2c(=O)c(C#N)cc3ccc(Br)cc32)cc1C#N.O=[Si]=O. The number of halogens is 1. The van der Waals surface area contributed by atoms with Crippen LogP contribution in [0.3, 0.4) is 0 Å². The molecule has 0 spiro atoms. The van der Waals surface area contributed by atoms with Crippen LogP contribution in [0.5, 0.6) is 0 Å². The summed E-state index contributed by atoms with van der Waals surface area (Å²) in [5, 5.41) is 77.3. The van der Waals surface area contributed by atoms with Gasteiger partial charge in [0.25, 0.3) is 16.7 Å². The van der Waals surface area contributed by atoms with Crippen LogP contribution in [0, 0.1) is 88.8 Å². The molecular formula is C84H84BBrN12O7Si3. The highest BCUT2D eigenvalue weighted by molar-refractivity contribution is 9.10. The standard InChI is InChI=1S/C31H34N4OSi.C22H14N4O.C18H10BrN3O.C13H26BNO2Si.O2Si/c1-20(2)37(21(3)4,22(5)6)34-13-12-26(19-34)24-9-10-25-14-28(18-33)31(36)35(30(25)16-24)29-11-8-23(7)27(15-29)17-32;1-14-2-5-20(9-18(14)11-23)26-21-10-15(17-6-7-25-13-17)3-4-16(21)8-19(12-24)22(26)27;1-11-2-5-16(7-13(11)9-20)22-17-8-15(19)4-3-12(17)6-14(10-21)18(22)23;1-10(2)18(11(3)4,12(5)6)15-8-7-13(9-15)14(16)17;1-3-2/h8-16,19-22H,1-7H3;2-10,13,25H,1H3;2-8H,1H3;7-12,16-17H,1-6H3;. The predicted molar refractivity (Wildman–Crippen MR) is 436 cm³/mol. The lowest BCUT2D eigenvalue weighted by Crippen LogP contribution is -2.51. The molecule has 0 unspecified atom stereocenters. The van der Waals surface area contributed by atoms with Gasteiger partial charge in [0.1, 0.15) is 34.9 Å². The smallest absolute Gasteiger partial charge is 0.423 e. The number of rotatable bonds is 14. The fourth-order valence-corrected chi connectivity index (χ4v) is 29.1. The Hall–Kier alpha value is -11.6. The summed E-state index contributed by atoms with van der Waals surface area (Å²) >= 11 is 3.41. The van der Waals surface area contributed by atoms with Crippen molar-refractivity contribution in [3.05, 3.63) is 268 Å². The zero-order valence-electron chi connectivity index (χ0n) is 63.1. The number of benzene rings is 6. The molecule has 6 aromatic carbocycles. The molecular weight excluding hydrogens is 1460 g/mol. The van der Waals surface area contributed by atoms with Gasteiger partial charge in [0.15, 0.2) is 16.5 Å². The van der Waals surface area contributed by atoms with Crippen LogP contribution in [0.15, 0.2) is 202 Å². The highest BCUT2D eigenvalue weighted by Crippen LogP contribution is 2.45. The van der Waals surface area contributed by atoms with Gasteiger partial charge < -0.3 is 23.5 Å². The summed E-state index contributed by atoms with van der Waals surface area (Å²) in [4.78, 5) is 42.0. The summed E-state index contributed by atoms with van der Waals surface area (Å²) in [5.41, 5.74) is 15.0. The number of nitrogens with one attached hydrogen (secondary N) is 1. The van der Waals surface area contributed by atoms with E-state index in [9.17, 15) is 56.0 Å². The molecule has 0 saturated carbocycles. The Morgan fingerprint density at radius 1 is 0.407 bits per heavy atom. The van der Waals surface area contributed by atoms with Crippen LogP contribution in [0.25, 0.3) is 72.0 Å². The van der Waals surface area contributed by atoms with Crippen molar-refractivity contribution in [3.63, 3.8) is 0 Å². The summed E-state index contributed by atoms with van der Waals surface area (Å²) < 4.78 is 27.0. The number of pyridine rings is 3. The second-order valence-electron chi connectivity index (χ2n) is 28.4. The van der Waals surface area contributed by atoms with Crippen LogP contribution in [0.1, 0.15) is 133 Å². The van der Waals surface area contributed by atoms with E-state index in [0.29, 0.717) is 89.0 Å². The zero-order chi connectivity index (χ0) is 79.4. The maximum absolute atomic E-state index is 13.4. The van der Waals surface area contributed by atoms with E-state index in [0.717, 1.165) is 59.6 Å². The third-order valence-electron chi connectivity index (χ3n) is 20.6. The Labute approximate surface area is 641 Å². The molecule has 24 heteroatoms. The summed E-state index contributed by atoms with van der Waals surface area (Å²) in [5.74, 6) is 0. The molecule has 544 valence electrons. The monoisotopic (exact) mass is 1550 g/mol. The first-order valence-electron chi connectivity index (χ1n) is 35.2. The molecule has 3 N–H and O–H groups in total. The molecule has 6 heterocycles. The van der Waals surface area contributed by atoms with Gasteiger partial charge in [-0.1, -0.05) is 148 Å². The van der Waals surface area contributed by atoms with Crippen LogP contribution < -0.4 is 22.1 Å². The Bertz CT molecular complexity index is 5840. The lowest BCUT2D eigenvalue weighted by atomic mass is 9.83. The first-order chi connectivity index (χ1) is 51.4. The van der Waals surface area contributed by atoms with Gasteiger partial charge in [-0.25, -0.2) is 0 Å². The number of hydrogen-bond donors (Lipinski definition) is 3. The summed E-state index contributed by atoms with van der Waals surface area (Å²) in [6.07, 6.45) is 12.2. The zero-order valence-corrected chi connectivity index (χ0v) is 67.7. The Balaban J connectivity index is 0.000000185. The van der Waals surface area contributed by atoms with Gasteiger partial charge >= 0.3 is 16.4 Å². The minimum Gasteiger partial charge on any atom is -0.423 e. The highest BCUT2D eigenvalue weighted by atomic mass is 79.9. The van der Waals surface area contributed by atoms with E-state index in [4.69, 9.17) is 8.92 Å². The molecule has 19 nitrogen and oxygen atoms in total. The van der Waals surface area contributed by atoms with Crippen molar-refractivity contribution in [3.8, 4) is 75.7 Å². The average Bonchev–Trinajstić information content (AvgIpc) is 1.52. The molecule has 0 radical (unpaired) electrons. The number of nitrogens with zero attached hydrogens (tertiary/aromatic N) is 11. The number of aryl methyl sites for hydroxylation is 3. The Kier molecular flexibility index (Phi) is 26.8. The van der Waals surface area contributed by atoms with Crippen LogP contribution in [0.4, 0.5) is 0 Å². The molecule has 12 aromatic rings. The van der Waals surface area contributed by atoms with Gasteiger partial charge in [0.05, 0.1) is 68.5 Å². The quantitative estimate of drug-likeness (QED) is 0.0854. The second-order valence-corrected chi connectivity index (χ2v) is 41.0. The molecule has 108 heavy (non-hydrogen) atoms. The van der Waals surface area contributed by atoms with E-state index in [1.54, 1.807) is 65.2 Å². The number of nitriles is 6. The van der Waals surface area contributed by atoms with Crippen LogP contribution in [-0.2, 0) is 8.92 Å². The fourth-order valence-electron chi connectivity index (χ4n) is 15.8. The minimum absolute atomic E-state index is 0.0657. The van der Waals surface area contributed by atoms with Gasteiger partial charge in [0.2, 0.25) is 0 Å². The van der Waals surface area contributed by atoms with Gasteiger partial charge in [-0.15, -0.1) is 0 Å². The van der Waals surface area contributed by atoms with E-state index < -0.39 is 44.0 Å². The third kappa shape index (κ3) is 16.5. The van der Waals surface area contributed by atoms with E-state index in [2.05, 4.69) is 155 Å². The summed E-state index contributed by atoms with van der Waals surface area (Å²) in [6.45, 7) is 33.4. The normalized spacial score (nSPS) is 11.1. The van der Waals surface area contributed by atoms with Crippen molar-refractivity contribution in [1.29, 1.82) is 31.6 Å². The first kappa shape index (κ1) is 82.1. The van der Waals surface area contributed by atoms with Crippen LogP contribution in [0.2, 0.25) is 33.2 Å². The molecule has 0 aliphatic heterocycles. The van der Waals surface area contributed by atoms with Crippen molar-refractivity contribution in [1.82, 2.24) is 27.2 Å². The van der Waals surface area contributed by atoms with Crippen molar-refractivity contribution in [2.24, 2.45) is 0 Å². The number of H-pyrrole nitrogens is 1. The van der Waals surface area contributed by atoms with Crippen molar-refractivity contribution in [2.45, 2.75) is 137 Å². The largest absolute Gasteiger partial charge is 0.549 e. The molecule has 0 atom stereocenters. The topological polar surface area (TPSA) is 309 Å². The van der Waals surface area contributed by atoms with Gasteiger partial charge in [-0.2, -0.15) is 31.6 Å². The van der Waals surface area contributed by atoms with Gasteiger partial charge in [-0.05, 0) is 214 Å². The molecule has 0 bridgehead atoms. The number of aromatic amines is 1. The average molecular weight is 1550 g/mol. The van der Waals surface area contributed by atoms with E-state index in [1.165, 1.54) is 9.13 Å². The lowest BCUT2D eigenvalue weighted by molar-refractivity contribution is 0.425. The number of fused-ring (bicyclic) bond motifs is 3. The van der Waals surface area contributed by atoms with Gasteiger partial charge in [0, 0.05) is 39.2 Å². The second kappa shape index (κ2) is 35.2. The Morgan fingerprint density at radius 3 is 1.06 bits per heavy atom. The summed E-state index contributed by atoms with van der Waals surface area (Å²) in [7, 11) is -6.40. The Morgan fingerprint density at radius 2 is 0.741 bits per heavy atom. The maximum atomic E-state index is 13.4. The lowest BCUT2D eigenvalue weighted by Gasteiger charge is -2.44. The number of aromatic nitrogens is 6. The van der Waals surface area contributed by atoms with Crippen molar-refractivity contribution < 1.29 is 19.0 Å². The molecule has 0 fully saturated rings. The van der Waals surface area contributed by atoms with E-state index >= 15 is 0 Å². The molecule has 0 amide bonds. The number of hydrogen-bond acceptors (Lipinski definition) is 13. The molecule has 12 rings (SSSR count). The molecule has 0 aliphatic carbocycles. The van der Waals surface area contributed by atoms with Crippen LogP contribution in [-0.4, -0.2) is 70.1 Å².